The molecular weight excluding hydrogens is 282 g/mol. The van der Waals surface area contributed by atoms with E-state index in [4.69, 9.17) is 0 Å². The fourth-order valence-electron chi connectivity index (χ4n) is 2.54. The molecule has 3 rings (SSSR count). The Kier molecular flexibility index (Phi) is 3.55. The van der Waals surface area contributed by atoms with Crippen LogP contribution < -0.4 is 5.56 Å². The predicted molar refractivity (Wildman–Crippen MR) is 88.0 cm³/mol. The number of aromatic hydroxyl groups is 1. The van der Waals surface area contributed by atoms with Gasteiger partial charge in [0.1, 0.15) is 5.75 Å². The van der Waals surface area contributed by atoms with Gasteiger partial charge in [0.15, 0.2) is 0 Å². The van der Waals surface area contributed by atoms with E-state index in [0.29, 0.717) is 17.8 Å². The normalized spacial score (nSPS) is 11.4. The van der Waals surface area contributed by atoms with E-state index in [-0.39, 0.29) is 11.3 Å². The van der Waals surface area contributed by atoms with Crippen molar-refractivity contribution >= 4 is 22.1 Å². The van der Waals surface area contributed by atoms with Gasteiger partial charge < -0.3 is 9.67 Å². The molecular formula is C17H17NO2S. The number of aromatic nitrogens is 1. The predicted octanol–water partition coefficient (Wildman–Crippen LogP) is 4.09. The zero-order valence-electron chi connectivity index (χ0n) is 12.0. The van der Waals surface area contributed by atoms with Crippen LogP contribution in [0.25, 0.3) is 21.2 Å². The maximum atomic E-state index is 12.6. The second kappa shape index (κ2) is 5.37. The first-order valence-electron chi connectivity index (χ1n) is 6.96. The van der Waals surface area contributed by atoms with Gasteiger partial charge >= 0.3 is 0 Å². The van der Waals surface area contributed by atoms with E-state index in [1.807, 2.05) is 23.7 Å². The quantitative estimate of drug-likeness (QED) is 0.791. The van der Waals surface area contributed by atoms with Gasteiger partial charge in [0.05, 0.1) is 0 Å². The summed E-state index contributed by atoms with van der Waals surface area (Å²) in [5, 5.41) is 13.2. The Morgan fingerprint density at radius 3 is 2.71 bits per heavy atom. The number of hydrogen-bond acceptors (Lipinski definition) is 3. The Hall–Kier alpha value is -2.07. The molecule has 0 fully saturated rings. The van der Waals surface area contributed by atoms with Crippen molar-refractivity contribution < 1.29 is 5.11 Å². The number of rotatable bonds is 3. The molecule has 3 aromatic rings. The lowest BCUT2D eigenvalue weighted by Gasteiger charge is -2.13. The summed E-state index contributed by atoms with van der Waals surface area (Å²) in [6.45, 7) is 4.88. The Morgan fingerprint density at radius 2 is 2.05 bits per heavy atom. The van der Waals surface area contributed by atoms with E-state index >= 15 is 0 Å². The van der Waals surface area contributed by atoms with Crippen LogP contribution in [0.5, 0.6) is 5.75 Å². The molecule has 0 spiro atoms. The van der Waals surface area contributed by atoms with Gasteiger partial charge in [-0.05, 0) is 35.6 Å². The molecule has 2 aromatic heterocycles. The molecule has 0 bridgehead atoms. The summed E-state index contributed by atoms with van der Waals surface area (Å²) in [6, 6.07) is 8.98. The third-order valence-electron chi connectivity index (χ3n) is 3.42. The van der Waals surface area contributed by atoms with Crippen molar-refractivity contribution in [1.82, 2.24) is 4.57 Å². The average molecular weight is 299 g/mol. The molecule has 0 aliphatic heterocycles. The van der Waals surface area contributed by atoms with Crippen molar-refractivity contribution in [3.8, 4) is 16.2 Å². The van der Waals surface area contributed by atoms with Crippen LogP contribution in [-0.2, 0) is 6.54 Å². The van der Waals surface area contributed by atoms with Crippen molar-refractivity contribution in [2.75, 3.05) is 0 Å². The van der Waals surface area contributed by atoms with Gasteiger partial charge in [0.25, 0.3) is 5.56 Å². The second-order valence-corrected chi connectivity index (χ2v) is 6.55. The molecule has 4 heteroatoms. The molecule has 108 valence electrons. The van der Waals surface area contributed by atoms with Crippen molar-refractivity contribution in [3.63, 3.8) is 0 Å². The fourth-order valence-corrected chi connectivity index (χ4v) is 3.29. The molecule has 0 saturated heterocycles. The maximum Gasteiger partial charge on any atom is 0.258 e. The van der Waals surface area contributed by atoms with Gasteiger partial charge in [-0.15, -0.1) is 11.3 Å². The summed E-state index contributed by atoms with van der Waals surface area (Å²) in [6.07, 6.45) is 1.91. The van der Waals surface area contributed by atoms with Crippen molar-refractivity contribution in [1.29, 1.82) is 0 Å². The van der Waals surface area contributed by atoms with Crippen LogP contribution in [0.15, 0.2) is 46.7 Å². The molecule has 0 unspecified atom stereocenters. The first-order valence-corrected chi connectivity index (χ1v) is 7.84. The van der Waals surface area contributed by atoms with Crippen LogP contribution in [0.3, 0.4) is 0 Å². The van der Waals surface area contributed by atoms with E-state index in [2.05, 4.69) is 13.8 Å². The highest BCUT2D eigenvalue weighted by atomic mass is 32.1. The number of hydrogen-bond donors (Lipinski definition) is 1. The van der Waals surface area contributed by atoms with Crippen LogP contribution in [0.2, 0.25) is 0 Å². The first-order chi connectivity index (χ1) is 10.1. The van der Waals surface area contributed by atoms with E-state index in [9.17, 15) is 9.90 Å². The highest BCUT2D eigenvalue weighted by molar-refractivity contribution is 7.13. The monoisotopic (exact) mass is 299 g/mol. The number of phenolic OH excluding ortho intramolecular Hbond substituents is 1. The Balaban J connectivity index is 2.35. The highest BCUT2D eigenvalue weighted by Gasteiger charge is 2.12. The van der Waals surface area contributed by atoms with Crippen molar-refractivity contribution in [2.45, 2.75) is 20.4 Å². The van der Waals surface area contributed by atoms with Crippen LogP contribution in [0.1, 0.15) is 13.8 Å². The van der Waals surface area contributed by atoms with E-state index in [1.54, 1.807) is 34.1 Å². The second-order valence-electron chi connectivity index (χ2n) is 5.60. The minimum absolute atomic E-state index is 0.000920. The van der Waals surface area contributed by atoms with Crippen LogP contribution in [0.4, 0.5) is 0 Å². The molecule has 0 saturated carbocycles. The van der Waals surface area contributed by atoms with Gasteiger partial charge in [-0.25, -0.2) is 0 Å². The molecule has 21 heavy (non-hydrogen) atoms. The third-order valence-corrected chi connectivity index (χ3v) is 4.32. The lowest BCUT2D eigenvalue weighted by Crippen LogP contribution is -2.22. The minimum atomic E-state index is -0.000920. The zero-order chi connectivity index (χ0) is 15.0. The van der Waals surface area contributed by atoms with E-state index in [0.717, 1.165) is 15.8 Å². The SMILES string of the molecule is CC(C)Cn1cc(-c2cccs2)c2cc(O)ccc2c1=O. The summed E-state index contributed by atoms with van der Waals surface area (Å²) >= 11 is 1.63. The summed E-state index contributed by atoms with van der Waals surface area (Å²) in [5.41, 5.74) is 0.996. The number of nitrogens with zero attached hydrogens (tertiary/aromatic N) is 1. The lowest BCUT2D eigenvalue weighted by molar-refractivity contribution is 0.476. The maximum absolute atomic E-state index is 12.6. The number of pyridine rings is 1. The molecule has 1 N–H and O–H groups in total. The molecule has 3 nitrogen and oxygen atoms in total. The van der Waals surface area contributed by atoms with E-state index in [1.165, 1.54) is 0 Å². The van der Waals surface area contributed by atoms with Crippen LogP contribution in [-0.4, -0.2) is 9.67 Å². The van der Waals surface area contributed by atoms with Gasteiger partial charge in [-0.3, -0.25) is 4.79 Å². The number of thiophene rings is 1. The summed E-state index contributed by atoms with van der Waals surface area (Å²) in [7, 11) is 0. The molecule has 0 atom stereocenters. The van der Waals surface area contributed by atoms with Gasteiger partial charge in [0, 0.05) is 34.0 Å². The zero-order valence-corrected chi connectivity index (χ0v) is 12.9. The van der Waals surface area contributed by atoms with Gasteiger partial charge in [-0.2, -0.15) is 0 Å². The molecule has 0 amide bonds. The lowest BCUT2D eigenvalue weighted by atomic mass is 10.1. The smallest absolute Gasteiger partial charge is 0.258 e. The van der Waals surface area contributed by atoms with Gasteiger partial charge in [-0.1, -0.05) is 19.9 Å². The number of benzene rings is 1. The largest absolute Gasteiger partial charge is 0.508 e. The van der Waals surface area contributed by atoms with Crippen LogP contribution in [0, 0.1) is 5.92 Å². The number of phenols is 1. The Labute approximate surface area is 127 Å². The molecule has 0 aliphatic rings. The van der Waals surface area contributed by atoms with Crippen molar-refractivity contribution in [2.24, 2.45) is 5.92 Å². The third kappa shape index (κ3) is 2.59. The molecule has 0 aliphatic carbocycles. The standard InChI is InChI=1S/C17H17NO2S/c1-11(2)9-18-10-15(16-4-3-7-21-16)14-8-12(19)5-6-13(14)17(18)20/h3-8,10-11,19H,9H2,1-2H3. The molecule has 0 radical (unpaired) electrons. The number of fused-ring (bicyclic) bond motifs is 1. The summed E-state index contributed by atoms with van der Waals surface area (Å²) in [4.78, 5) is 13.7. The van der Waals surface area contributed by atoms with Gasteiger partial charge in [0.2, 0.25) is 0 Å². The fraction of sp³-hybridized carbons (Fsp3) is 0.235. The molecule has 2 heterocycles. The summed E-state index contributed by atoms with van der Waals surface area (Å²) < 4.78 is 1.78. The van der Waals surface area contributed by atoms with E-state index < -0.39 is 0 Å². The Morgan fingerprint density at radius 1 is 1.24 bits per heavy atom. The minimum Gasteiger partial charge on any atom is -0.508 e. The highest BCUT2D eigenvalue weighted by Crippen LogP contribution is 2.32. The average Bonchev–Trinajstić information content (AvgIpc) is 2.95. The van der Waals surface area contributed by atoms with Crippen LogP contribution >= 0.6 is 11.3 Å². The van der Waals surface area contributed by atoms with Crippen molar-refractivity contribution in [3.05, 3.63) is 52.3 Å². The molecule has 1 aromatic carbocycles. The first kappa shape index (κ1) is 13.9. The summed E-state index contributed by atoms with van der Waals surface area (Å²) in [5.74, 6) is 0.578. The Bertz CT molecular complexity index is 832. The topological polar surface area (TPSA) is 42.2 Å².